The number of carbonyl (C=O) groups excluding carboxylic acids is 1. The van der Waals surface area contributed by atoms with Crippen molar-refractivity contribution < 1.29 is 4.79 Å². The van der Waals surface area contributed by atoms with E-state index >= 15 is 0 Å². The molecule has 0 saturated heterocycles. The van der Waals surface area contributed by atoms with Gasteiger partial charge in [-0.3, -0.25) is 5.41 Å². The van der Waals surface area contributed by atoms with Gasteiger partial charge in [0.2, 0.25) is 0 Å². The molecule has 1 unspecified atom stereocenters. The Bertz CT molecular complexity index is 259. The van der Waals surface area contributed by atoms with Crippen molar-refractivity contribution in [3.8, 4) is 0 Å². The lowest BCUT2D eigenvalue weighted by molar-refractivity contribution is 0.208. The van der Waals surface area contributed by atoms with Crippen LogP contribution in [0.1, 0.15) is 32.1 Å². The summed E-state index contributed by atoms with van der Waals surface area (Å²) < 4.78 is 0. The summed E-state index contributed by atoms with van der Waals surface area (Å²) in [5.41, 5.74) is 5.57. The maximum Gasteiger partial charge on any atom is 0.317 e. The predicted molar refractivity (Wildman–Crippen MR) is 64.5 cm³/mol. The molecule has 1 saturated carbocycles. The van der Waals surface area contributed by atoms with Crippen LogP contribution in [0.5, 0.6) is 0 Å². The van der Waals surface area contributed by atoms with Gasteiger partial charge in [-0.1, -0.05) is 19.3 Å². The second-order valence-electron chi connectivity index (χ2n) is 4.68. The first-order chi connectivity index (χ1) is 7.52. The molecule has 0 aromatic rings. The number of amides is 2. The van der Waals surface area contributed by atoms with E-state index in [4.69, 9.17) is 11.1 Å². The van der Waals surface area contributed by atoms with Crippen molar-refractivity contribution in [3.63, 3.8) is 0 Å². The van der Waals surface area contributed by atoms with Crippen LogP contribution in [0, 0.1) is 11.3 Å². The first-order valence-corrected chi connectivity index (χ1v) is 5.84. The first-order valence-electron chi connectivity index (χ1n) is 5.84. The SMILES string of the molecule is CN(C)C(=O)NC(C(=N)N)C1CCCCC1. The second-order valence-corrected chi connectivity index (χ2v) is 4.68. The summed E-state index contributed by atoms with van der Waals surface area (Å²) in [4.78, 5) is 13.0. The molecule has 5 heteroatoms. The van der Waals surface area contributed by atoms with E-state index in [0.29, 0.717) is 5.92 Å². The second kappa shape index (κ2) is 5.72. The number of hydrogen-bond acceptors (Lipinski definition) is 2. The zero-order valence-corrected chi connectivity index (χ0v) is 10.1. The monoisotopic (exact) mass is 226 g/mol. The molecule has 1 aliphatic rings. The van der Waals surface area contributed by atoms with Gasteiger partial charge in [-0.15, -0.1) is 0 Å². The number of nitrogens with zero attached hydrogens (tertiary/aromatic N) is 1. The minimum absolute atomic E-state index is 0.0714. The molecule has 1 fully saturated rings. The van der Waals surface area contributed by atoms with Gasteiger partial charge in [0.1, 0.15) is 5.84 Å². The Morgan fingerprint density at radius 1 is 1.38 bits per heavy atom. The number of urea groups is 1. The molecule has 0 spiro atoms. The summed E-state index contributed by atoms with van der Waals surface area (Å²) in [6.45, 7) is 0. The zero-order valence-electron chi connectivity index (χ0n) is 10.1. The van der Waals surface area contributed by atoms with E-state index in [0.717, 1.165) is 12.8 Å². The van der Waals surface area contributed by atoms with Crippen LogP contribution in [0.2, 0.25) is 0 Å². The van der Waals surface area contributed by atoms with Crippen molar-refractivity contribution in [2.45, 2.75) is 38.1 Å². The Morgan fingerprint density at radius 2 is 1.94 bits per heavy atom. The zero-order chi connectivity index (χ0) is 12.1. The number of amidine groups is 1. The number of rotatable bonds is 3. The van der Waals surface area contributed by atoms with Crippen molar-refractivity contribution in [2.24, 2.45) is 11.7 Å². The van der Waals surface area contributed by atoms with E-state index in [-0.39, 0.29) is 17.9 Å². The van der Waals surface area contributed by atoms with Crippen LogP contribution in [0.25, 0.3) is 0 Å². The molecular formula is C11H22N4O. The normalized spacial score (nSPS) is 18.9. The molecule has 0 radical (unpaired) electrons. The van der Waals surface area contributed by atoms with E-state index in [2.05, 4.69) is 5.32 Å². The van der Waals surface area contributed by atoms with E-state index in [9.17, 15) is 4.79 Å². The highest BCUT2D eigenvalue weighted by atomic mass is 16.2. The highest BCUT2D eigenvalue weighted by Gasteiger charge is 2.27. The van der Waals surface area contributed by atoms with Gasteiger partial charge in [-0.2, -0.15) is 0 Å². The lowest BCUT2D eigenvalue weighted by Gasteiger charge is -2.30. The number of carbonyl (C=O) groups is 1. The summed E-state index contributed by atoms with van der Waals surface area (Å²) in [5.74, 6) is 0.400. The van der Waals surface area contributed by atoms with Gasteiger partial charge in [0, 0.05) is 14.1 Å². The molecule has 2 amide bonds. The van der Waals surface area contributed by atoms with Crippen LogP contribution in [0.15, 0.2) is 0 Å². The van der Waals surface area contributed by atoms with E-state index in [1.807, 2.05) is 0 Å². The smallest absolute Gasteiger partial charge is 0.317 e. The molecule has 0 aromatic carbocycles. The van der Waals surface area contributed by atoms with Crippen molar-refractivity contribution in [3.05, 3.63) is 0 Å². The van der Waals surface area contributed by atoms with Crippen LogP contribution in [0.4, 0.5) is 4.79 Å². The molecule has 5 nitrogen and oxygen atoms in total. The van der Waals surface area contributed by atoms with E-state index in [1.54, 1.807) is 14.1 Å². The Kier molecular flexibility index (Phi) is 4.58. The maximum absolute atomic E-state index is 11.6. The fourth-order valence-electron chi connectivity index (χ4n) is 2.18. The lowest BCUT2D eigenvalue weighted by atomic mass is 9.83. The molecule has 92 valence electrons. The molecule has 1 atom stereocenters. The average Bonchev–Trinajstić information content (AvgIpc) is 2.26. The summed E-state index contributed by atoms with van der Waals surface area (Å²) in [6.07, 6.45) is 5.71. The molecule has 0 heterocycles. The van der Waals surface area contributed by atoms with Gasteiger partial charge in [-0.25, -0.2) is 4.79 Å². The van der Waals surface area contributed by atoms with Gasteiger partial charge in [0.05, 0.1) is 6.04 Å². The van der Waals surface area contributed by atoms with E-state index < -0.39 is 0 Å². The van der Waals surface area contributed by atoms with Crippen LogP contribution in [-0.2, 0) is 0 Å². The maximum atomic E-state index is 11.6. The van der Waals surface area contributed by atoms with Crippen LogP contribution >= 0.6 is 0 Å². The van der Waals surface area contributed by atoms with Gasteiger partial charge in [0.15, 0.2) is 0 Å². The first kappa shape index (κ1) is 12.8. The molecule has 1 aliphatic carbocycles. The molecular weight excluding hydrogens is 204 g/mol. The van der Waals surface area contributed by atoms with Crippen molar-refractivity contribution in [1.29, 1.82) is 5.41 Å². The Morgan fingerprint density at radius 3 is 2.38 bits per heavy atom. The highest BCUT2D eigenvalue weighted by Crippen LogP contribution is 2.26. The third kappa shape index (κ3) is 3.40. The van der Waals surface area contributed by atoms with Crippen molar-refractivity contribution in [2.75, 3.05) is 14.1 Å². The molecule has 1 rings (SSSR count). The summed E-state index contributed by atoms with van der Waals surface area (Å²) in [7, 11) is 3.38. The fraction of sp³-hybridized carbons (Fsp3) is 0.818. The Balaban J connectivity index is 2.59. The average molecular weight is 226 g/mol. The predicted octanol–water partition coefficient (Wildman–Crippen LogP) is 1.14. The quantitative estimate of drug-likeness (QED) is 0.498. The van der Waals surface area contributed by atoms with Crippen LogP contribution in [-0.4, -0.2) is 36.9 Å². The van der Waals surface area contributed by atoms with Gasteiger partial charge < -0.3 is 16.0 Å². The lowest BCUT2D eigenvalue weighted by Crippen LogP contribution is -2.52. The van der Waals surface area contributed by atoms with Gasteiger partial charge in [-0.05, 0) is 18.8 Å². The highest BCUT2D eigenvalue weighted by molar-refractivity contribution is 5.87. The molecule has 4 N–H and O–H groups in total. The topological polar surface area (TPSA) is 82.2 Å². The number of nitrogens with two attached hydrogens (primary N) is 1. The standard InChI is InChI=1S/C11H22N4O/c1-15(2)11(16)14-9(10(12)13)8-6-4-3-5-7-8/h8-9H,3-7H2,1-2H3,(H3,12,13)(H,14,16). The largest absolute Gasteiger partial charge is 0.386 e. The summed E-state index contributed by atoms with van der Waals surface area (Å²) >= 11 is 0. The summed E-state index contributed by atoms with van der Waals surface area (Å²) in [6, 6.07) is -0.471. The molecule has 16 heavy (non-hydrogen) atoms. The molecule has 0 aliphatic heterocycles. The third-order valence-electron chi connectivity index (χ3n) is 3.14. The van der Waals surface area contributed by atoms with Crippen molar-refractivity contribution >= 4 is 11.9 Å². The van der Waals surface area contributed by atoms with Crippen LogP contribution < -0.4 is 11.1 Å². The molecule has 0 bridgehead atoms. The Hall–Kier alpha value is -1.26. The minimum atomic E-state index is -0.296. The Labute approximate surface area is 96.9 Å². The number of hydrogen-bond donors (Lipinski definition) is 3. The van der Waals surface area contributed by atoms with E-state index in [1.165, 1.54) is 24.2 Å². The summed E-state index contributed by atoms with van der Waals surface area (Å²) in [5, 5.41) is 10.4. The minimum Gasteiger partial charge on any atom is -0.386 e. The fourth-order valence-corrected chi connectivity index (χ4v) is 2.18. The van der Waals surface area contributed by atoms with Crippen molar-refractivity contribution in [1.82, 2.24) is 10.2 Å². The van der Waals surface area contributed by atoms with Gasteiger partial charge >= 0.3 is 6.03 Å². The number of nitrogens with one attached hydrogen (secondary N) is 2. The molecule has 0 aromatic heterocycles. The van der Waals surface area contributed by atoms with Crippen LogP contribution in [0.3, 0.4) is 0 Å². The van der Waals surface area contributed by atoms with Gasteiger partial charge in [0.25, 0.3) is 0 Å². The third-order valence-corrected chi connectivity index (χ3v) is 3.14.